The minimum atomic E-state index is -0.507. The zero-order valence-corrected chi connectivity index (χ0v) is 15.8. The summed E-state index contributed by atoms with van der Waals surface area (Å²) in [6.07, 6.45) is 0.418. The van der Waals surface area contributed by atoms with Crippen LogP contribution in [0.3, 0.4) is 0 Å². The zero-order chi connectivity index (χ0) is 20.5. The minimum absolute atomic E-state index is 0.00386. The summed E-state index contributed by atoms with van der Waals surface area (Å²) in [5, 5.41) is 36.7. The van der Waals surface area contributed by atoms with E-state index in [9.17, 15) is 20.1 Å². The van der Waals surface area contributed by atoms with Crippen molar-refractivity contribution >= 4 is 5.91 Å². The Morgan fingerprint density at radius 2 is 1.97 bits per heavy atom. The highest BCUT2D eigenvalue weighted by atomic mass is 16.5. The normalized spacial score (nSPS) is 15.6. The first-order chi connectivity index (χ1) is 14.1. The van der Waals surface area contributed by atoms with Crippen LogP contribution in [0.15, 0.2) is 42.5 Å². The van der Waals surface area contributed by atoms with Crippen LogP contribution in [0.5, 0.6) is 17.2 Å². The first kappa shape index (κ1) is 18.8. The lowest BCUT2D eigenvalue weighted by Gasteiger charge is -2.26. The molecule has 150 valence electrons. The fourth-order valence-corrected chi connectivity index (χ4v) is 3.76. The fourth-order valence-electron chi connectivity index (χ4n) is 3.76. The van der Waals surface area contributed by atoms with Crippen LogP contribution in [-0.2, 0) is 0 Å². The van der Waals surface area contributed by atoms with Gasteiger partial charge >= 0.3 is 0 Å². The maximum Gasteiger partial charge on any atom is 0.273 e. The second-order valence-corrected chi connectivity index (χ2v) is 6.79. The van der Waals surface area contributed by atoms with Gasteiger partial charge in [-0.1, -0.05) is 18.2 Å². The first-order valence-corrected chi connectivity index (χ1v) is 9.22. The number of nitrogens with zero attached hydrogens (tertiary/aromatic N) is 2. The minimum Gasteiger partial charge on any atom is -0.507 e. The number of hydrogen-bond donors (Lipinski definition) is 4. The topological polar surface area (TPSA) is 119 Å². The van der Waals surface area contributed by atoms with Crippen molar-refractivity contribution in [1.29, 1.82) is 0 Å². The summed E-state index contributed by atoms with van der Waals surface area (Å²) in [6.45, 7) is 0.292. The summed E-state index contributed by atoms with van der Waals surface area (Å²) >= 11 is 0. The van der Waals surface area contributed by atoms with Crippen molar-refractivity contribution in [1.82, 2.24) is 15.1 Å². The van der Waals surface area contributed by atoms with E-state index in [0.717, 1.165) is 5.56 Å². The number of aromatic nitrogens is 2. The van der Waals surface area contributed by atoms with Gasteiger partial charge in [-0.05, 0) is 36.2 Å². The van der Waals surface area contributed by atoms with Crippen molar-refractivity contribution < 1.29 is 24.9 Å². The number of benzene rings is 2. The number of phenolic OH excluding ortho intramolecular Hbond substituents is 2. The van der Waals surface area contributed by atoms with Crippen LogP contribution in [0.4, 0.5) is 0 Å². The molecule has 4 rings (SSSR count). The maximum absolute atomic E-state index is 13.1. The van der Waals surface area contributed by atoms with Gasteiger partial charge in [-0.25, -0.2) is 0 Å². The van der Waals surface area contributed by atoms with Crippen LogP contribution < -0.4 is 4.74 Å². The molecule has 1 aliphatic heterocycles. The standard InChI is InChI=1S/C21H21N3O5/c1-29-16-11-12(7-8-15(16)27)20-17-18(13-5-2-3-6-14(13)26)22-23-19(17)21(28)24(20)9-4-10-25/h2-3,5-8,11,20,25-27H,4,9-10H2,1H3,(H,22,23)/t20-/m1/s1. The summed E-state index contributed by atoms with van der Waals surface area (Å²) in [5.74, 6) is 0.110. The van der Waals surface area contributed by atoms with Crippen molar-refractivity contribution in [3.63, 3.8) is 0 Å². The predicted molar refractivity (Wildman–Crippen MR) is 105 cm³/mol. The van der Waals surface area contributed by atoms with E-state index in [1.807, 2.05) is 0 Å². The van der Waals surface area contributed by atoms with Gasteiger partial charge in [-0.3, -0.25) is 9.89 Å². The smallest absolute Gasteiger partial charge is 0.273 e. The summed E-state index contributed by atoms with van der Waals surface area (Å²) < 4.78 is 5.23. The maximum atomic E-state index is 13.1. The van der Waals surface area contributed by atoms with Gasteiger partial charge in [0.05, 0.1) is 13.2 Å². The van der Waals surface area contributed by atoms with Gasteiger partial charge in [0, 0.05) is 24.3 Å². The van der Waals surface area contributed by atoms with E-state index in [-0.39, 0.29) is 29.8 Å². The third kappa shape index (κ3) is 3.07. The van der Waals surface area contributed by atoms with Gasteiger partial charge < -0.3 is 25.0 Å². The van der Waals surface area contributed by atoms with Crippen LogP contribution in [0.25, 0.3) is 11.3 Å². The zero-order valence-electron chi connectivity index (χ0n) is 15.8. The summed E-state index contributed by atoms with van der Waals surface area (Å²) in [6, 6.07) is 11.2. The van der Waals surface area contributed by atoms with E-state index in [4.69, 9.17) is 4.74 Å². The van der Waals surface area contributed by atoms with Gasteiger partial charge in [0.2, 0.25) is 0 Å². The monoisotopic (exact) mass is 395 g/mol. The van der Waals surface area contributed by atoms with E-state index >= 15 is 0 Å². The van der Waals surface area contributed by atoms with Crippen LogP contribution in [0.1, 0.15) is 34.1 Å². The Balaban J connectivity index is 1.90. The number of phenols is 2. The van der Waals surface area contributed by atoms with Gasteiger partial charge in [-0.15, -0.1) is 0 Å². The Morgan fingerprint density at radius 3 is 2.69 bits per heavy atom. The van der Waals surface area contributed by atoms with Crippen LogP contribution in [0, 0.1) is 0 Å². The van der Waals surface area contributed by atoms with Crippen molar-refractivity contribution in [3.8, 4) is 28.5 Å². The Bertz CT molecular complexity index is 1060. The van der Waals surface area contributed by atoms with E-state index in [1.54, 1.807) is 41.3 Å². The Morgan fingerprint density at radius 1 is 1.17 bits per heavy atom. The molecule has 2 aromatic carbocycles. The molecule has 1 amide bonds. The van der Waals surface area contributed by atoms with Crippen molar-refractivity contribution in [2.45, 2.75) is 12.5 Å². The third-order valence-electron chi connectivity index (χ3n) is 5.10. The number of H-pyrrole nitrogens is 1. The molecule has 0 saturated carbocycles. The van der Waals surface area contributed by atoms with Gasteiger partial charge in [0.25, 0.3) is 5.91 Å². The lowest BCUT2D eigenvalue weighted by atomic mass is 9.95. The Labute approximate surface area is 167 Å². The summed E-state index contributed by atoms with van der Waals surface area (Å²) in [4.78, 5) is 14.7. The molecule has 0 fully saturated rings. The molecule has 3 aromatic rings. The molecule has 8 nitrogen and oxygen atoms in total. The molecule has 0 aliphatic carbocycles. The summed E-state index contributed by atoms with van der Waals surface area (Å²) in [5.41, 5.74) is 2.70. The molecule has 1 atom stereocenters. The predicted octanol–water partition coefficient (Wildman–Crippen LogP) is 2.42. The number of carbonyl (C=O) groups excluding carboxylic acids is 1. The van der Waals surface area contributed by atoms with E-state index in [2.05, 4.69) is 10.2 Å². The number of nitrogens with one attached hydrogen (secondary N) is 1. The van der Waals surface area contributed by atoms with Crippen molar-refractivity contribution in [3.05, 3.63) is 59.3 Å². The molecule has 2 heterocycles. The van der Waals surface area contributed by atoms with E-state index in [0.29, 0.717) is 35.5 Å². The van der Waals surface area contributed by atoms with E-state index < -0.39 is 6.04 Å². The number of para-hydroxylation sites is 1. The summed E-state index contributed by atoms with van der Waals surface area (Å²) in [7, 11) is 1.46. The lowest BCUT2D eigenvalue weighted by molar-refractivity contribution is 0.0732. The lowest BCUT2D eigenvalue weighted by Crippen LogP contribution is -2.31. The van der Waals surface area contributed by atoms with Crippen molar-refractivity contribution in [2.24, 2.45) is 0 Å². The van der Waals surface area contributed by atoms with Crippen molar-refractivity contribution in [2.75, 3.05) is 20.3 Å². The molecule has 4 N–H and O–H groups in total. The Hall–Kier alpha value is -3.52. The number of fused-ring (bicyclic) bond motifs is 1. The molecule has 0 radical (unpaired) electrons. The highest BCUT2D eigenvalue weighted by Crippen LogP contribution is 2.45. The average Bonchev–Trinajstić information content (AvgIpc) is 3.26. The number of aromatic hydroxyl groups is 2. The molecule has 1 aliphatic rings. The number of ether oxygens (including phenoxy) is 1. The number of methoxy groups -OCH3 is 1. The molecule has 0 unspecified atom stereocenters. The molecule has 8 heteroatoms. The number of amides is 1. The average molecular weight is 395 g/mol. The highest BCUT2D eigenvalue weighted by Gasteiger charge is 2.42. The molecule has 29 heavy (non-hydrogen) atoms. The number of carbonyl (C=O) groups is 1. The van der Waals surface area contributed by atoms with Crippen LogP contribution >= 0.6 is 0 Å². The molecule has 1 aromatic heterocycles. The fraction of sp³-hybridized carbons (Fsp3) is 0.238. The SMILES string of the molecule is COc1cc([C@@H]2c3c(-c4ccccc4O)n[nH]c3C(=O)N2CCCO)ccc1O. The number of aliphatic hydroxyl groups is 1. The van der Waals surface area contributed by atoms with Crippen LogP contribution in [-0.4, -0.2) is 56.6 Å². The number of aliphatic hydroxyl groups excluding tert-OH is 1. The third-order valence-corrected chi connectivity index (χ3v) is 5.10. The molecular formula is C21H21N3O5. The second kappa shape index (κ2) is 7.48. The van der Waals surface area contributed by atoms with Gasteiger partial charge in [0.15, 0.2) is 11.5 Å². The highest BCUT2D eigenvalue weighted by molar-refractivity contribution is 6.00. The van der Waals surface area contributed by atoms with Crippen LogP contribution in [0.2, 0.25) is 0 Å². The first-order valence-electron chi connectivity index (χ1n) is 9.22. The number of rotatable bonds is 6. The quantitative estimate of drug-likeness (QED) is 0.509. The van der Waals surface area contributed by atoms with E-state index in [1.165, 1.54) is 13.2 Å². The van der Waals surface area contributed by atoms with Gasteiger partial charge in [-0.2, -0.15) is 5.10 Å². The second-order valence-electron chi connectivity index (χ2n) is 6.79. The number of hydrogen-bond acceptors (Lipinski definition) is 6. The number of aromatic amines is 1. The van der Waals surface area contributed by atoms with Gasteiger partial charge in [0.1, 0.15) is 17.1 Å². The molecule has 0 saturated heterocycles. The largest absolute Gasteiger partial charge is 0.507 e. The molecule has 0 bridgehead atoms. The molecule has 0 spiro atoms. The molecular weight excluding hydrogens is 374 g/mol. The Kier molecular flexibility index (Phi) is 4.85.